The van der Waals surface area contributed by atoms with E-state index in [1.54, 1.807) is 0 Å². The second-order valence-corrected chi connectivity index (χ2v) is 4.18. The average molecular weight is 227 g/mol. The minimum Gasteiger partial charge on any atom is -0.384 e. The maximum atomic E-state index is 5.89. The molecule has 0 amide bonds. The smallest absolute Gasteiger partial charge is 0.0426 e. The monoisotopic (exact) mass is 226 g/mol. The summed E-state index contributed by atoms with van der Waals surface area (Å²) >= 11 is 5.89. The van der Waals surface area contributed by atoms with Crippen molar-refractivity contribution in [2.24, 2.45) is 0 Å². The first-order chi connectivity index (χ1) is 7.22. The van der Waals surface area contributed by atoms with Gasteiger partial charge in [-0.15, -0.1) is 0 Å². The molecule has 1 aromatic rings. The molecule has 0 aromatic heterocycles. The van der Waals surface area contributed by atoms with Gasteiger partial charge in [0.05, 0.1) is 0 Å². The van der Waals surface area contributed by atoms with E-state index in [2.05, 4.69) is 24.2 Å². The van der Waals surface area contributed by atoms with Crippen molar-refractivity contribution in [3.8, 4) is 0 Å². The van der Waals surface area contributed by atoms with Crippen LogP contribution in [-0.2, 0) is 0 Å². The normalized spacial score (nSPS) is 10.7. The van der Waals surface area contributed by atoms with Crippen molar-refractivity contribution in [2.75, 3.05) is 32.0 Å². The van der Waals surface area contributed by atoms with Crippen LogP contribution >= 0.6 is 11.6 Å². The van der Waals surface area contributed by atoms with Gasteiger partial charge in [-0.1, -0.05) is 24.6 Å². The lowest BCUT2D eigenvalue weighted by atomic mass is 10.3. The molecule has 84 valence electrons. The fourth-order valence-electron chi connectivity index (χ4n) is 1.48. The van der Waals surface area contributed by atoms with E-state index in [1.807, 2.05) is 24.3 Å². The van der Waals surface area contributed by atoms with Crippen molar-refractivity contribution in [3.63, 3.8) is 0 Å². The fourth-order valence-corrected chi connectivity index (χ4v) is 1.67. The van der Waals surface area contributed by atoms with E-state index in [1.165, 1.54) is 6.42 Å². The molecule has 0 atom stereocenters. The van der Waals surface area contributed by atoms with Crippen LogP contribution in [0.2, 0.25) is 5.02 Å². The molecule has 3 heteroatoms. The quantitative estimate of drug-likeness (QED) is 0.802. The number of nitrogens with zero attached hydrogens (tertiary/aromatic N) is 1. The molecule has 0 aliphatic rings. The highest BCUT2D eigenvalue weighted by Crippen LogP contribution is 2.14. The number of hydrogen-bond donors (Lipinski definition) is 1. The summed E-state index contributed by atoms with van der Waals surface area (Å²) in [6.07, 6.45) is 1.20. The van der Waals surface area contributed by atoms with Gasteiger partial charge in [-0.05, 0) is 38.2 Å². The first-order valence-electron chi connectivity index (χ1n) is 5.40. The minimum atomic E-state index is 0.780. The molecule has 0 fully saturated rings. The SMILES string of the molecule is CCCN(C)CCNc1cccc(Cl)c1. The van der Waals surface area contributed by atoms with Crippen LogP contribution in [0.15, 0.2) is 24.3 Å². The molecule has 2 nitrogen and oxygen atoms in total. The zero-order valence-corrected chi connectivity index (χ0v) is 10.2. The van der Waals surface area contributed by atoms with Crippen LogP contribution in [0.3, 0.4) is 0 Å². The second kappa shape index (κ2) is 6.70. The minimum absolute atomic E-state index is 0.780. The number of hydrogen-bond acceptors (Lipinski definition) is 2. The van der Waals surface area contributed by atoms with Gasteiger partial charge in [-0.2, -0.15) is 0 Å². The molecule has 0 spiro atoms. The lowest BCUT2D eigenvalue weighted by Gasteiger charge is -2.16. The molecule has 0 bridgehead atoms. The van der Waals surface area contributed by atoms with Gasteiger partial charge < -0.3 is 10.2 Å². The Labute approximate surface area is 97.2 Å². The first kappa shape index (κ1) is 12.3. The highest BCUT2D eigenvalue weighted by atomic mass is 35.5. The second-order valence-electron chi connectivity index (χ2n) is 3.74. The van der Waals surface area contributed by atoms with Gasteiger partial charge in [0.15, 0.2) is 0 Å². The van der Waals surface area contributed by atoms with E-state index in [9.17, 15) is 0 Å². The lowest BCUT2D eigenvalue weighted by Crippen LogP contribution is -2.25. The van der Waals surface area contributed by atoms with E-state index in [4.69, 9.17) is 11.6 Å². The molecule has 0 saturated heterocycles. The van der Waals surface area contributed by atoms with Crippen LogP contribution in [0.4, 0.5) is 5.69 Å². The molecule has 1 aromatic carbocycles. The highest BCUT2D eigenvalue weighted by Gasteiger charge is 1.96. The number of benzene rings is 1. The predicted molar refractivity (Wildman–Crippen MR) is 67.7 cm³/mol. The van der Waals surface area contributed by atoms with Crippen LogP contribution in [0, 0.1) is 0 Å². The molecule has 0 unspecified atom stereocenters. The van der Waals surface area contributed by atoms with Crippen molar-refractivity contribution in [1.82, 2.24) is 4.90 Å². The highest BCUT2D eigenvalue weighted by molar-refractivity contribution is 6.30. The predicted octanol–water partition coefficient (Wildman–Crippen LogP) is 3.09. The molecule has 1 rings (SSSR count). The Morgan fingerprint density at radius 2 is 2.13 bits per heavy atom. The summed E-state index contributed by atoms with van der Waals surface area (Å²) in [5.41, 5.74) is 1.09. The molecule has 0 aliphatic carbocycles. The van der Waals surface area contributed by atoms with Gasteiger partial charge in [0.25, 0.3) is 0 Å². The molecule has 0 aliphatic heterocycles. The summed E-state index contributed by atoms with van der Waals surface area (Å²) in [5.74, 6) is 0. The van der Waals surface area contributed by atoms with Crippen LogP contribution in [0.1, 0.15) is 13.3 Å². The standard InChI is InChI=1S/C12H19ClN2/c1-3-8-15(2)9-7-14-12-6-4-5-11(13)10-12/h4-6,10,14H,3,7-9H2,1-2H3. The Morgan fingerprint density at radius 3 is 2.80 bits per heavy atom. The van der Waals surface area contributed by atoms with Crippen LogP contribution in [0.25, 0.3) is 0 Å². The Morgan fingerprint density at radius 1 is 1.33 bits per heavy atom. The number of rotatable bonds is 6. The van der Waals surface area contributed by atoms with E-state index in [0.717, 1.165) is 30.3 Å². The largest absolute Gasteiger partial charge is 0.384 e. The molecular formula is C12H19ClN2. The topological polar surface area (TPSA) is 15.3 Å². The first-order valence-corrected chi connectivity index (χ1v) is 5.78. The van der Waals surface area contributed by atoms with Crippen LogP contribution in [-0.4, -0.2) is 31.6 Å². The number of nitrogens with one attached hydrogen (secondary N) is 1. The summed E-state index contributed by atoms with van der Waals surface area (Å²) < 4.78 is 0. The summed E-state index contributed by atoms with van der Waals surface area (Å²) in [7, 11) is 2.14. The molecule has 0 radical (unpaired) electrons. The number of anilines is 1. The Bertz CT molecular complexity index is 289. The van der Waals surface area contributed by atoms with Gasteiger partial charge in [0.2, 0.25) is 0 Å². The number of likely N-dealkylation sites (N-methyl/N-ethyl adjacent to an activating group) is 1. The van der Waals surface area contributed by atoms with Crippen molar-refractivity contribution in [1.29, 1.82) is 0 Å². The van der Waals surface area contributed by atoms with E-state index < -0.39 is 0 Å². The zero-order chi connectivity index (χ0) is 11.1. The molecule has 15 heavy (non-hydrogen) atoms. The van der Waals surface area contributed by atoms with Gasteiger partial charge in [-0.3, -0.25) is 0 Å². The number of halogens is 1. The van der Waals surface area contributed by atoms with E-state index >= 15 is 0 Å². The summed E-state index contributed by atoms with van der Waals surface area (Å²) in [5, 5.41) is 4.13. The summed E-state index contributed by atoms with van der Waals surface area (Å²) in [6, 6.07) is 7.82. The van der Waals surface area contributed by atoms with Crippen molar-refractivity contribution >= 4 is 17.3 Å². The van der Waals surface area contributed by atoms with E-state index in [0.29, 0.717) is 0 Å². The molecule has 0 heterocycles. The summed E-state index contributed by atoms with van der Waals surface area (Å²) in [4.78, 5) is 2.32. The van der Waals surface area contributed by atoms with E-state index in [-0.39, 0.29) is 0 Å². The third-order valence-corrected chi connectivity index (χ3v) is 2.49. The maximum absolute atomic E-state index is 5.89. The fraction of sp³-hybridized carbons (Fsp3) is 0.500. The van der Waals surface area contributed by atoms with Crippen molar-refractivity contribution in [3.05, 3.63) is 29.3 Å². The zero-order valence-electron chi connectivity index (χ0n) is 9.46. The summed E-state index contributed by atoms with van der Waals surface area (Å²) in [6.45, 7) is 5.36. The Balaban J connectivity index is 2.25. The molecule has 0 saturated carbocycles. The molecular weight excluding hydrogens is 208 g/mol. The van der Waals surface area contributed by atoms with Crippen LogP contribution in [0.5, 0.6) is 0 Å². The maximum Gasteiger partial charge on any atom is 0.0426 e. The van der Waals surface area contributed by atoms with Crippen molar-refractivity contribution in [2.45, 2.75) is 13.3 Å². The van der Waals surface area contributed by atoms with Gasteiger partial charge >= 0.3 is 0 Å². The lowest BCUT2D eigenvalue weighted by molar-refractivity contribution is 0.348. The third kappa shape index (κ3) is 5.05. The van der Waals surface area contributed by atoms with Gasteiger partial charge in [0, 0.05) is 23.8 Å². The molecule has 1 N–H and O–H groups in total. The third-order valence-electron chi connectivity index (χ3n) is 2.25. The Kier molecular flexibility index (Phi) is 5.51. The van der Waals surface area contributed by atoms with Crippen molar-refractivity contribution < 1.29 is 0 Å². The Hall–Kier alpha value is -0.730. The average Bonchev–Trinajstić information content (AvgIpc) is 2.18. The van der Waals surface area contributed by atoms with Gasteiger partial charge in [-0.25, -0.2) is 0 Å². The van der Waals surface area contributed by atoms with Crippen LogP contribution < -0.4 is 5.32 Å². The van der Waals surface area contributed by atoms with Gasteiger partial charge in [0.1, 0.15) is 0 Å².